The van der Waals surface area contributed by atoms with Crippen LogP contribution in [0.25, 0.3) is 64.7 Å². The molecule has 0 radical (unpaired) electrons. The molecule has 4 saturated carbocycles. The highest BCUT2D eigenvalue weighted by molar-refractivity contribution is 7.25. The Balaban J connectivity index is 0.931. The molecule has 0 saturated heterocycles. The largest absolute Gasteiger partial charge is 0.310 e. The maximum Gasteiger partial charge on any atom is 0.0719 e. The van der Waals surface area contributed by atoms with Crippen LogP contribution in [-0.4, -0.2) is 0 Å². The number of fused-ring (bicyclic) bond motifs is 12. The van der Waals surface area contributed by atoms with E-state index in [2.05, 4.69) is 241 Å². The number of benzene rings is 10. The van der Waals surface area contributed by atoms with Crippen LogP contribution in [0, 0.1) is 23.7 Å². The van der Waals surface area contributed by atoms with E-state index < -0.39 is 5.41 Å². The third-order valence-corrected chi connectivity index (χ3v) is 19.7. The van der Waals surface area contributed by atoms with Crippen LogP contribution in [0.5, 0.6) is 0 Å². The van der Waals surface area contributed by atoms with Gasteiger partial charge in [0.2, 0.25) is 0 Å². The smallest absolute Gasteiger partial charge is 0.0719 e. The predicted molar refractivity (Wildman–Crippen MR) is 305 cm³/mol. The standard InChI is InChI=1S/C71H53NS/c1-2-17-47(18-3-1)54-20-8-14-30-66(54)72(51-35-33-48(34-36-51)53-19-4-5-21-55(53)58-25-16-32-68-69(58)59-24-9-15-31-67(59)73-68)52-37-38-64-65(44-52)70(49-40-45-39-46(42-49)43-50(70)41-45)62-28-12-13-29-63(62)71(64)60-26-10-6-22-56(60)57-23-7-11-27-61(57)71/h1-38,44-46,49-50H,39-43H2. The zero-order valence-electron chi connectivity index (χ0n) is 40.7. The van der Waals surface area contributed by atoms with Gasteiger partial charge in [0, 0.05) is 42.5 Å². The Bertz CT molecular complexity index is 3930. The monoisotopic (exact) mass is 951 g/mol. The highest BCUT2D eigenvalue weighted by Crippen LogP contribution is 2.72. The van der Waals surface area contributed by atoms with Crippen LogP contribution in [0.1, 0.15) is 65.5 Å². The summed E-state index contributed by atoms with van der Waals surface area (Å²) < 4.78 is 2.66. The van der Waals surface area contributed by atoms with E-state index in [4.69, 9.17) is 0 Å². The summed E-state index contributed by atoms with van der Waals surface area (Å²) in [6, 6.07) is 90.6. The molecule has 0 atom stereocenters. The van der Waals surface area contributed by atoms with E-state index >= 15 is 0 Å². The summed E-state index contributed by atoms with van der Waals surface area (Å²) in [5.41, 5.74) is 22.2. The van der Waals surface area contributed by atoms with Crippen molar-refractivity contribution in [2.45, 2.75) is 42.9 Å². The van der Waals surface area contributed by atoms with Crippen molar-refractivity contribution >= 4 is 48.6 Å². The van der Waals surface area contributed by atoms with Crippen LogP contribution in [0.2, 0.25) is 0 Å². The molecule has 348 valence electrons. The zero-order valence-corrected chi connectivity index (χ0v) is 41.5. The van der Waals surface area contributed by atoms with Gasteiger partial charge in [0.05, 0.1) is 11.1 Å². The lowest BCUT2D eigenvalue weighted by Gasteiger charge is -2.65. The molecule has 0 unspecified atom stereocenters. The quantitative estimate of drug-likeness (QED) is 0.161. The topological polar surface area (TPSA) is 3.24 Å². The fourth-order valence-corrected chi connectivity index (χ4v) is 17.3. The Kier molecular flexibility index (Phi) is 9.08. The van der Waals surface area contributed by atoms with Crippen molar-refractivity contribution in [3.8, 4) is 44.5 Å². The SMILES string of the molecule is c1ccc(-c2ccccc2N(c2ccc(-c3ccccc3-c3cccc4sc5ccccc5c34)cc2)c2ccc3c(c2)C2(c4ccccc4C34c3ccccc3-c3ccccc34)C3CC4CC(C3)CC2C4)cc1. The lowest BCUT2D eigenvalue weighted by Crippen LogP contribution is -2.59. The molecule has 73 heavy (non-hydrogen) atoms. The lowest BCUT2D eigenvalue weighted by atomic mass is 9.38. The Hall–Kier alpha value is -7.78. The van der Waals surface area contributed by atoms with Crippen molar-refractivity contribution in [2.75, 3.05) is 4.90 Å². The summed E-state index contributed by atoms with van der Waals surface area (Å²) in [5.74, 6) is 2.88. The van der Waals surface area contributed by atoms with Gasteiger partial charge in [-0.05, 0) is 171 Å². The zero-order chi connectivity index (χ0) is 47.8. The maximum atomic E-state index is 2.72. The molecule has 4 fully saturated rings. The van der Waals surface area contributed by atoms with E-state index in [-0.39, 0.29) is 5.41 Å². The first kappa shape index (κ1) is 41.8. The Labute approximate surface area is 432 Å². The molecule has 6 aliphatic rings. The first-order chi connectivity index (χ1) is 36.2. The highest BCUT2D eigenvalue weighted by Gasteiger charge is 2.64. The number of anilines is 3. The van der Waals surface area contributed by atoms with E-state index in [1.54, 1.807) is 11.1 Å². The fraction of sp³-hybridized carbons (Fsp3) is 0.155. The second-order valence-electron chi connectivity index (χ2n) is 21.9. The second-order valence-corrected chi connectivity index (χ2v) is 23.0. The summed E-state index contributed by atoms with van der Waals surface area (Å²) >= 11 is 1.89. The van der Waals surface area contributed by atoms with E-state index in [1.165, 1.54) is 130 Å². The molecule has 6 aliphatic carbocycles. The average molecular weight is 952 g/mol. The Morgan fingerprint density at radius 3 is 1.59 bits per heavy atom. The molecule has 0 aliphatic heterocycles. The number of rotatable bonds is 6. The molecule has 0 amide bonds. The van der Waals surface area contributed by atoms with Crippen molar-refractivity contribution in [1.82, 2.24) is 0 Å². The number of hydrogen-bond acceptors (Lipinski definition) is 2. The van der Waals surface area contributed by atoms with Crippen molar-refractivity contribution in [3.05, 3.63) is 270 Å². The summed E-state index contributed by atoms with van der Waals surface area (Å²) in [5, 5.41) is 2.67. The Morgan fingerprint density at radius 2 is 0.863 bits per heavy atom. The maximum absolute atomic E-state index is 2.72. The van der Waals surface area contributed by atoms with Gasteiger partial charge >= 0.3 is 0 Å². The fourth-order valence-electron chi connectivity index (χ4n) is 16.1. The molecule has 1 heterocycles. The molecule has 2 spiro atoms. The molecule has 11 aromatic rings. The second kappa shape index (κ2) is 15.9. The molecule has 10 aromatic carbocycles. The molecular weight excluding hydrogens is 899 g/mol. The highest BCUT2D eigenvalue weighted by atomic mass is 32.1. The summed E-state index contributed by atoms with van der Waals surface area (Å²) in [6.07, 6.45) is 6.72. The van der Waals surface area contributed by atoms with Crippen LogP contribution in [0.4, 0.5) is 17.1 Å². The third kappa shape index (κ3) is 5.79. The van der Waals surface area contributed by atoms with Gasteiger partial charge in [-0.15, -0.1) is 11.3 Å². The van der Waals surface area contributed by atoms with Crippen LogP contribution in [0.15, 0.2) is 237 Å². The van der Waals surface area contributed by atoms with E-state index in [1.807, 2.05) is 11.3 Å². The minimum atomic E-state index is -0.432. The van der Waals surface area contributed by atoms with Crippen molar-refractivity contribution in [1.29, 1.82) is 0 Å². The number of thiophene rings is 1. The first-order valence-corrected chi connectivity index (χ1v) is 27.5. The molecule has 2 heteroatoms. The van der Waals surface area contributed by atoms with Gasteiger partial charge in [-0.25, -0.2) is 0 Å². The Morgan fingerprint density at radius 1 is 0.342 bits per heavy atom. The van der Waals surface area contributed by atoms with Gasteiger partial charge in [0.1, 0.15) is 0 Å². The van der Waals surface area contributed by atoms with Gasteiger partial charge in [-0.2, -0.15) is 0 Å². The van der Waals surface area contributed by atoms with Crippen molar-refractivity contribution in [3.63, 3.8) is 0 Å². The predicted octanol–water partition coefficient (Wildman–Crippen LogP) is 18.9. The summed E-state index contributed by atoms with van der Waals surface area (Å²) in [6.45, 7) is 0. The molecular formula is C71H53NS. The van der Waals surface area contributed by atoms with Gasteiger partial charge in [-0.3, -0.25) is 0 Å². The number of hydrogen-bond donors (Lipinski definition) is 0. The lowest BCUT2D eigenvalue weighted by molar-refractivity contribution is -0.0440. The van der Waals surface area contributed by atoms with E-state index in [0.29, 0.717) is 11.8 Å². The molecule has 1 nitrogen and oxygen atoms in total. The van der Waals surface area contributed by atoms with Crippen LogP contribution >= 0.6 is 11.3 Å². The molecule has 17 rings (SSSR count). The van der Waals surface area contributed by atoms with Crippen LogP contribution in [-0.2, 0) is 10.8 Å². The van der Waals surface area contributed by atoms with E-state index in [9.17, 15) is 0 Å². The summed E-state index contributed by atoms with van der Waals surface area (Å²) in [4.78, 5) is 2.59. The van der Waals surface area contributed by atoms with Crippen LogP contribution < -0.4 is 4.90 Å². The minimum absolute atomic E-state index is 0.0814. The molecule has 0 N–H and O–H groups in total. The normalized spacial score (nSPS) is 21.3. The van der Waals surface area contributed by atoms with Crippen molar-refractivity contribution in [2.24, 2.45) is 23.7 Å². The first-order valence-electron chi connectivity index (χ1n) is 26.7. The van der Waals surface area contributed by atoms with Gasteiger partial charge in [0.25, 0.3) is 0 Å². The van der Waals surface area contributed by atoms with Crippen LogP contribution in [0.3, 0.4) is 0 Å². The van der Waals surface area contributed by atoms with Gasteiger partial charge in [0.15, 0.2) is 0 Å². The van der Waals surface area contributed by atoms with Crippen molar-refractivity contribution < 1.29 is 0 Å². The average Bonchev–Trinajstić information content (AvgIpc) is 4.07. The minimum Gasteiger partial charge on any atom is -0.310 e. The number of nitrogens with zero attached hydrogens (tertiary/aromatic N) is 1. The summed E-state index contributed by atoms with van der Waals surface area (Å²) in [7, 11) is 0. The van der Waals surface area contributed by atoms with Gasteiger partial charge < -0.3 is 4.90 Å². The third-order valence-electron chi connectivity index (χ3n) is 18.6. The number of para-hydroxylation sites is 1. The molecule has 4 bridgehead atoms. The van der Waals surface area contributed by atoms with Gasteiger partial charge in [-0.1, -0.05) is 194 Å². The molecule has 1 aromatic heterocycles. The van der Waals surface area contributed by atoms with E-state index in [0.717, 1.165) is 17.5 Å².